The van der Waals surface area contributed by atoms with Gasteiger partial charge in [0, 0.05) is 18.2 Å². The summed E-state index contributed by atoms with van der Waals surface area (Å²) >= 11 is 6.00. The van der Waals surface area contributed by atoms with Crippen LogP contribution in [0.4, 0.5) is 5.69 Å². The Hall–Kier alpha value is -2.33. The number of benzene rings is 2. The van der Waals surface area contributed by atoms with E-state index in [9.17, 15) is 9.59 Å². The number of anilines is 1. The van der Waals surface area contributed by atoms with Crippen LogP contribution in [0.25, 0.3) is 0 Å². The van der Waals surface area contributed by atoms with Gasteiger partial charge < -0.3 is 10.6 Å². The molecule has 0 fully saturated rings. The maximum atomic E-state index is 12.1. The van der Waals surface area contributed by atoms with E-state index in [1.807, 2.05) is 38.1 Å². The zero-order valence-corrected chi connectivity index (χ0v) is 13.9. The monoisotopic (exact) mass is 330 g/mol. The van der Waals surface area contributed by atoms with E-state index in [1.165, 1.54) is 0 Å². The topological polar surface area (TPSA) is 58.2 Å². The molecule has 0 saturated carbocycles. The van der Waals surface area contributed by atoms with Gasteiger partial charge in [0.15, 0.2) is 0 Å². The van der Waals surface area contributed by atoms with Gasteiger partial charge in [0.25, 0.3) is 5.91 Å². The average Bonchev–Trinajstić information content (AvgIpc) is 2.53. The van der Waals surface area contributed by atoms with E-state index in [1.54, 1.807) is 24.3 Å². The summed E-state index contributed by atoms with van der Waals surface area (Å²) in [6.07, 6.45) is 0. The summed E-state index contributed by atoms with van der Waals surface area (Å²) in [7, 11) is 0. The van der Waals surface area contributed by atoms with Gasteiger partial charge in [-0.15, -0.1) is 0 Å². The van der Waals surface area contributed by atoms with Crippen LogP contribution in [-0.2, 0) is 11.3 Å². The minimum atomic E-state index is -0.229. The highest BCUT2D eigenvalue weighted by Gasteiger charge is 2.10. The molecule has 0 atom stereocenters. The lowest BCUT2D eigenvalue weighted by Crippen LogP contribution is -2.23. The van der Waals surface area contributed by atoms with Crippen molar-refractivity contribution < 1.29 is 9.59 Å². The van der Waals surface area contributed by atoms with Gasteiger partial charge in [0.2, 0.25) is 5.91 Å². The Morgan fingerprint density at radius 2 is 1.83 bits per heavy atom. The van der Waals surface area contributed by atoms with Gasteiger partial charge in [-0.2, -0.15) is 0 Å². The van der Waals surface area contributed by atoms with Crippen LogP contribution in [0.15, 0.2) is 48.5 Å². The van der Waals surface area contributed by atoms with Crippen molar-refractivity contribution in [2.75, 3.05) is 5.32 Å². The molecule has 2 N–H and O–H groups in total. The van der Waals surface area contributed by atoms with Gasteiger partial charge in [0.05, 0.1) is 10.6 Å². The first-order valence-corrected chi connectivity index (χ1v) is 7.77. The van der Waals surface area contributed by atoms with E-state index in [0.717, 1.165) is 5.56 Å². The second-order valence-electron chi connectivity index (χ2n) is 5.51. The number of hydrogen-bond acceptors (Lipinski definition) is 2. The standard InChI is InChI=1S/C18H19ClN2O2/c1-12(2)17(22)21-14-7-5-6-13(10-14)11-20-18(23)15-8-3-4-9-16(15)19/h3-10,12H,11H2,1-2H3,(H,20,23)(H,21,22). The molecule has 0 unspecified atom stereocenters. The molecule has 0 radical (unpaired) electrons. The second-order valence-corrected chi connectivity index (χ2v) is 5.91. The van der Waals surface area contributed by atoms with Crippen molar-refractivity contribution in [1.82, 2.24) is 5.32 Å². The second kappa shape index (κ2) is 7.79. The normalized spacial score (nSPS) is 10.4. The summed E-state index contributed by atoms with van der Waals surface area (Å²) in [5, 5.41) is 6.08. The van der Waals surface area contributed by atoms with E-state index < -0.39 is 0 Å². The van der Waals surface area contributed by atoms with Crippen molar-refractivity contribution in [2.24, 2.45) is 5.92 Å². The fraction of sp³-hybridized carbons (Fsp3) is 0.222. The van der Waals surface area contributed by atoms with Gasteiger partial charge in [-0.25, -0.2) is 0 Å². The highest BCUT2D eigenvalue weighted by atomic mass is 35.5. The smallest absolute Gasteiger partial charge is 0.253 e. The molecule has 0 aliphatic carbocycles. The first-order valence-electron chi connectivity index (χ1n) is 7.40. The largest absolute Gasteiger partial charge is 0.348 e. The Labute approximate surface area is 140 Å². The van der Waals surface area contributed by atoms with E-state index >= 15 is 0 Å². The molecule has 2 aromatic rings. The lowest BCUT2D eigenvalue weighted by Gasteiger charge is -2.10. The van der Waals surface area contributed by atoms with Crippen molar-refractivity contribution in [2.45, 2.75) is 20.4 Å². The number of carbonyl (C=O) groups is 2. The molecule has 23 heavy (non-hydrogen) atoms. The maximum Gasteiger partial charge on any atom is 0.253 e. The molecule has 5 heteroatoms. The zero-order chi connectivity index (χ0) is 16.8. The molecule has 0 heterocycles. The maximum absolute atomic E-state index is 12.1. The summed E-state index contributed by atoms with van der Waals surface area (Å²) in [6.45, 7) is 4.03. The molecule has 0 aromatic heterocycles. The first-order chi connectivity index (χ1) is 11.0. The predicted octanol–water partition coefficient (Wildman–Crippen LogP) is 3.86. The molecule has 0 aliphatic rings. The highest BCUT2D eigenvalue weighted by molar-refractivity contribution is 6.33. The van der Waals surface area contributed by atoms with Crippen LogP contribution in [-0.4, -0.2) is 11.8 Å². The number of halogens is 1. The van der Waals surface area contributed by atoms with Gasteiger partial charge in [0.1, 0.15) is 0 Å². The highest BCUT2D eigenvalue weighted by Crippen LogP contribution is 2.15. The third-order valence-corrected chi connectivity index (χ3v) is 3.62. The number of nitrogens with one attached hydrogen (secondary N) is 2. The van der Waals surface area contributed by atoms with Crippen LogP contribution in [0.2, 0.25) is 5.02 Å². The molecule has 0 spiro atoms. The SMILES string of the molecule is CC(C)C(=O)Nc1cccc(CNC(=O)c2ccccc2Cl)c1. The fourth-order valence-corrected chi connectivity index (χ4v) is 2.19. The lowest BCUT2D eigenvalue weighted by atomic mass is 10.1. The van der Waals surface area contributed by atoms with Crippen molar-refractivity contribution in [3.63, 3.8) is 0 Å². The number of amides is 2. The van der Waals surface area contributed by atoms with Gasteiger partial charge >= 0.3 is 0 Å². The van der Waals surface area contributed by atoms with Gasteiger partial charge in [-0.3, -0.25) is 9.59 Å². The Kier molecular flexibility index (Phi) is 5.77. The summed E-state index contributed by atoms with van der Waals surface area (Å²) in [6, 6.07) is 14.3. The Morgan fingerprint density at radius 1 is 1.09 bits per heavy atom. The van der Waals surface area contributed by atoms with Crippen LogP contribution in [0, 0.1) is 5.92 Å². The van der Waals surface area contributed by atoms with Crippen LogP contribution in [0.1, 0.15) is 29.8 Å². The first kappa shape index (κ1) is 17.0. The quantitative estimate of drug-likeness (QED) is 0.874. The van der Waals surface area contributed by atoms with E-state index in [2.05, 4.69) is 10.6 Å². The summed E-state index contributed by atoms with van der Waals surface area (Å²) in [5.74, 6) is -0.354. The van der Waals surface area contributed by atoms with E-state index in [0.29, 0.717) is 22.8 Å². The lowest BCUT2D eigenvalue weighted by molar-refractivity contribution is -0.118. The third-order valence-electron chi connectivity index (χ3n) is 3.29. The molecule has 2 aromatic carbocycles. The molecule has 0 saturated heterocycles. The Balaban J connectivity index is 2.00. The van der Waals surface area contributed by atoms with Crippen molar-refractivity contribution >= 4 is 29.1 Å². The Morgan fingerprint density at radius 3 is 2.52 bits per heavy atom. The van der Waals surface area contributed by atoms with Crippen molar-refractivity contribution in [3.05, 3.63) is 64.7 Å². The van der Waals surface area contributed by atoms with Crippen LogP contribution >= 0.6 is 11.6 Å². The van der Waals surface area contributed by atoms with Crippen LogP contribution in [0.3, 0.4) is 0 Å². The van der Waals surface area contributed by atoms with Crippen molar-refractivity contribution in [3.8, 4) is 0 Å². The van der Waals surface area contributed by atoms with Crippen LogP contribution < -0.4 is 10.6 Å². The predicted molar refractivity (Wildman–Crippen MR) is 92.5 cm³/mol. The number of hydrogen-bond donors (Lipinski definition) is 2. The molecule has 120 valence electrons. The Bertz CT molecular complexity index is 714. The third kappa shape index (κ3) is 4.83. The molecule has 0 aliphatic heterocycles. The van der Waals surface area contributed by atoms with Gasteiger partial charge in [-0.1, -0.05) is 49.7 Å². The average molecular weight is 331 g/mol. The summed E-state index contributed by atoms with van der Waals surface area (Å²) in [5.41, 5.74) is 2.05. The molecule has 4 nitrogen and oxygen atoms in total. The molecular formula is C18H19ClN2O2. The number of rotatable bonds is 5. The fourth-order valence-electron chi connectivity index (χ4n) is 1.97. The summed E-state index contributed by atoms with van der Waals surface area (Å²) in [4.78, 5) is 23.8. The zero-order valence-electron chi connectivity index (χ0n) is 13.1. The minimum Gasteiger partial charge on any atom is -0.348 e. The molecular weight excluding hydrogens is 312 g/mol. The molecule has 0 bridgehead atoms. The van der Waals surface area contributed by atoms with E-state index in [4.69, 9.17) is 11.6 Å². The summed E-state index contributed by atoms with van der Waals surface area (Å²) < 4.78 is 0. The minimum absolute atomic E-state index is 0.0396. The molecule has 2 rings (SSSR count). The van der Waals surface area contributed by atoms with Crippen LogP contribution in [0.5, 0.6) is 0 Å². The van der Waals surface area contributed by atoms with Crippen molar-refractivity contribution in [1.29, 1.82) is 0 Å². The van der Waals surface area contributed by atoms with E-state index in [-0.39, 0.29) is 17.7 Å². The van der Waals surface area contributed by atoms with Gasteiger partial charge in [-0.05, 0) is 29.8 Å². The number of carbonyl (C=O) groups excluding carboxylic acids is 2. The molecule has 2 amide bonds.